The van der Waals surface area contributed by atoms with E-state index in [1.165, 1.54) is 4.68 Å². The Morgan fingerprint density at radius 1 is 1.41 bits per heavy atom. The summed E-state index contributed by atoms with van der Waals surface area (Å²) in [4.78, 5) is 23.3. The molecule has 3 rings (SSSR count). The van der Waals surface area contributed by atoms with Crippen LogP contribution in [0.3, 0.4) is 0 Å². The van der Waals surface area contributed by atoms with Crippen LogP contribution in [0.4, 0.5) is 5.69 Å². The maximum atomic E-state index is 12.1. The number of amides is 1. The lowest BCUT2D eigenvalue weighted by molar-refractivity contribution is -0.117. The van der Waals surface area contributed by atoms with Crippen molar-refractivity contribution in [2.24, 2.45) is 0 Å². The van der Waals surface area contributed by atoms with Crippen molar-refractivity contribution in [2.75, 3.05) is 5.32 Å². The van der Waals surface area contributed by atoms with Crippen molar-refractivity contribution in [3.63, 3.8) is 0 Å². The average molecular weight is 300 g/mol. The molecule has 1 heterocycles. The molecule has 0 atom stereocenters. The SMILES string of the molecule is Cc1cccc(NC(=O)Cn2nnc(C(=O)O)c2C2CC2)c1. The van der Waals surface area contributed by atoms with Gasteiger partial charge in [-0.05, 0) is 37.5 Å². The monoisotopic (exact) mass is 300 g/mol. The second kappa shape index (κ2) is 5.59. The Balaban J connectivity index is 1.75. The third kappa shape index (κ3) is 2.98. The molecule has 1 aliphatic carbocycles. The van der Waals surface area contributed by atoms with E-state index in [1.807, 2.05) is 25.1 Å². The Labute approximate surface area is 126 Å². The van der Waals surface area contributed by atoms with Crippen LogP contribution in [0.5, 0.6) is 0 Å². The molecule has 0 aliphatic heterocycles. The van der Waals surface area contributed by atoms with Gasteiger partial charge in [-0.15, -0.1) is 5.10 Å². The van der Waals surface area contributed by atoms with Crippen LogP contribution in [0.25, 0.3) is 0 Å². The fourth-order valence-corrected chi connectivity index (χ4v) is 2.41. The first-order valence-corrected chi connectivity index (χ1v) is 7.08. The van der Waals surface area contributed by atoms with Gasteiger partial charge in [-0.3, -0.25) is 4.79 Å². The number of rotatable bonds is 5. The first kappa shape index (κ1) is 14.2. The quantitative estimate of drug-likeness (QED) is 0.877. The van der Waals surface area contributed by atoms with Gasteiger partial charge in [0, 0.05) is 11.6 Å². The van der Waals surface area contributed by atoms with E-state index in [9.17, 15) is 9.59 Å². The molecular formula is C15H16N4O3. The summed E-state index contributed by atoms with van der Waals surface area (Å²) in [6, 6.07) is 7.47. The number of nitrogens with one attached hydrogen (secondary N) is 1. The Hall–Kier alpha value is -2.70. The van der Waals surface area contributed by atoms with Crippen molar-refractivity contribution in [3.8, 4) is 0 Å². The molecule has 1 aliphatic rings. The van der Waals surface area contributed by atoms with Crippen molar-refractivity contribution in [2.45, 2.75) is 32.2 Å². The van der Waals surface area contributed by atoms with Gasteiger partial charge in [-0.2, -0.15) is 0 Å². The number of carbonyl (C=O) groups excluding carboxylic acids is 1. The zero-order valence-electron chi connectivity index (χ0n) is 12.1. The molecule has 1 aromatic carbocycles. The zero-order chi connectivity index (χ0) is 15.7. The minimum absolute atomic E-state index is 0.0416. The highest BCUT2D eigenvalue weighted by Crippen LogP contribution is 2.41. The second-order valence-electron chi connectivity index (χ2n) is 5.48. The first-order valence-electron chi connectivity index (χ1n) is 7.08. The van der Waals surface area contributed by atoms with Gasteiger partial charge < -0.3 is 10.4 Å². The van der Waals surface area contributed by atoms with Gasteiger partial charge in [0.05, 0.1) is 5.69 Å². The lowest BCUT2D eigenvalue weighted by Gasteiger charge is -2.08. The fraction of sp³-hybridized carbons (Fsp3) is 0.333. The number of aromatic carboxylic acids is 1. The molecule has 7 heteroatoms. The number of aryl methyl sites for hydroxylation is 1. The van der Waals surface area contributed by atoms with E-state index in [0.717, 1.165) is 18.4 Å². The summed E-state index contributed by atoms with van der Waals surface area (Å²) in [5.41, 5.74) is 2.25. The highest BCUT2D eigenvalue weighted by atomic mass is 16.4. The Kier molecular flexibility index (Phi) is 3.62. The largest absolute Gasteiger partial charge is 0.476 e. The van der Waals surface area contributed by atoms with Crippen LogP contribution in [-0.4, -0.2) is 32.0 Å². The molecular weight excluding hydrogens is 284 g/mol. The maximum Gasteiger partial charge on any atom is 0.358 e. The number of anilines is 1. The third-order valence-electron chi connectivity index (χ3n) is 3.54. The summed E-state index contributed by atoms with van der Waals surface area (Å²) in [5, 5.41) is 19.4. The number of carboxylic acids is 1. The summed E-state index contributed by atoms with van der Waals surface area (Å²) < 4.78 is 1.40. The van der Waals surface area contributed by atoms with E-state index >= 15 is 0 Å². The van der Waals surface area contributed by atoms with Crippen molar-refractivity contribution >= 4 is 17.6 Å². The molecule has 1 fully saturated rings. The molecule has 0 radical (unpaired) electrons. The molecule has 114 valence electrons. The van der Waals surface area contributed by atoms with Gasteiger partial charge in [0.2, 0.25) is 5.91 Å². The Morgan fingerprint density at radius 3 is 2.82 bits per heavy atom. The normalized spacial score (nSPS) is 13.9. The van der Waals surface area contributed by atoms with Crippen molar-refractivity contribution in [1.29, 1.82) is 0 Å². The standard InChI is InChI=1S/C15H16N4O3/c1-9-3-2-4-11(7-9)16-12(20)8-19-14(10-5-6-10)13(15(21)22)17-18-19/h2-4,7,10H,5-6,8H2,1H3,(H,16,20)(H,21,22). The maximum absolute atomic E-state index is 12.1. The van der Waals surface area contributed by atoms with Crippen molar-refractivity contribution < 1.29 is 14.7 Å². The van der Waals surface area contributed by atoms with Gasteiger partial charge in [-0.1, -0.05) is 17.3 Å². The van der Waals surface area contributed by atoms with Crippen LogP contribution < -0.4 is 5.32 Å². The molecule has 0 spiro atoms. The number of aromatic nitrogens is 3. The van der Waals surface area contributed by atoms with Crippen molar-refractivity contribution in [3.05, 3.63) is 41.2 Å². The number of nitrogens with zero attached hydrogens (tertiary/aromatic N) is 3. The summed E-state index contributed by atoms with van der Waals surface area (Å²) in [7, 11) is 0. The average Bonchev–Trinajstić information content (AvgIpc) is 3.19. The van der Waals surface area contributed by atoms with E-state index in [1.54, 1.807) is 6.07 Å². The summed E-state index contributed by atoms with van der Waals surface area (Å²) in [6.07, 6.45) is 1.82. The van der Waals surface area contributed by atoms with Crippen LogP contribution in [0.1, 0.15) is 40.5 Å². The number of hydrogen-bond donors (Lipinski definition) is 2. The summed E-state index contributed by atoms with van der Waals surface area (Å²) >= 11 is 0. The Bertz CT molecular complexity index is 734. The number of hydrogen-bond acceptors (Lipinski definition) is 4. The molecule has 0 saturated heterocycles. The Morgan fingerprint density at radius 2 is 2.18 bits per heavy atom. The smallest absolute Gasteiger partial charge is 0.358 e. The predicted octanol–water partition coefficient (Wildman–Crippen LogP) is 1.80. The summed E-state index contributed by atoms with van der Waals surface area (Å²) in [5.74, 6) is -1.21. The van der Waals surface area contributed by atoms with Crippen LogP contribution in [0.15, 0.2) is 24.3 Å². The fourth-order valence-electron chi connectivity index (χ4n) is 2.41. The van der Waals surface area contributed by atoms with E-state index < -0.39 is 5.97 Å². The molecule has 0 unspecified atom stereocenters. The summed E-state index contributed by atoms with van der Waals surface area (Å²) in [6.45, 7) is 1.90. The number of benzene rings is 1. The van der Waals surface area contributed by atoms with Gasteiger partial charge >= 0.3 is 5.97 Å². The molecule has 1 aromatic heterocycles. The topological polar surface area (TPSA) is 97.1 Å². The predicted molar refractivity (Wildman–Crippen MR) is 78.8 cm³/mol. The molecule has 1 amide bonds. The first-order chi connectivity index (χ1) is 10.5. The lowest BCUT2D eigenvalue weighted by atomic mass is 10.2. The lowest BCUT2D eigenvalue weighted by Crippen LogP contribution is -2.21. The number of carboxylic acid groups (broad SMARTS) is 1. The van der Waals surface area contributed by atoms with E-state index in [4.69, 9.17) is 5.11 Å². The number of carbonyl (C=O) groups is 2. The molecule has 1 saturated carbocycles. The van der Waals surface area contributed by atoms with Gasteiger partial charge in [0.25, 0.3) is 0 Å². The van der Waals surface area contributed by atoms with E-state index in [0.29, 0.717) is 11.4 Å². The second-order valence-corrected chi connectivity index (χ2v) is 5.48. The molecule has 0 bridgehead atoms. The molecule has 2 aromatic rings. The molecule has 7 nitrogen and oxygen atoms in total. The minimum atomic E-state index is -1.10. The molecule has 22 heavy (non-hydrogen) atoms. The van der Waals surface area contributed by atoms with Crippen LogP contribution in [0.2, 0.25) is 0 Å². The highest BCUT2D eigenvalue weighted by Gasteiger charge is 2.34. The zero-order valence-corrected chi connectivity index (χ0v) is 12.1. The molecule has 2 N–H and O–H groups in total. The van der Waals surface area contributed by atoms with Crippen molar-refractivity contribution in [1.82, 2.24) is 15.0 Å². The van der Waals surface area contributed by atoms with E-state index in [2.05, 4.69) is 15.6 Å². The minimum Gasteiger partial charge on any atom is -0.476 e. The van der Waals surface area contributed by atoms with Gasteiger partial charge in [0.15, 0.2) is 5.69 Å². The highest BCUT2D eigenvalue weighted by molar-refractivity contribution is 5.91. The van der Waals surface area contributed by atoms with E-state index in [-0.39, 0.29) is 24.1 Å². The van der Waals surface area contributed by atoms with Gasteiger partial charge in [0.1, 0.15) is 6.54 Å². The van der Waals surface area contributed by atoms with Gasteiger partial charge in [-0.25, -0.2) is 9.48 Å². The third-order valence-corrected chi connectivity index (χ3v) is 3.54. The van der Waals surface area contributed by atoms with Crippen LogP contribution >= 0.6 is 0 Å². The van der Waals surface area contributed by atoms with Crippen LogP contribution in [-0.2, 0) is 11.3 Å². The van der Waals surface area contributed by atoms with Crippen LogP contribution in [0, 0.1) is 6.92 Å².